The molecule has 0 aliphatic rings. The van der Waals surface area contributed by atoms with Crippen LogP contribution in [0.1, 0.15) is 39.3 Å². The molecule has 0 radical (unpaired) electrons. The van der Waals surface area contributed by atoms with Gasteiger partial charge in [0.25, 0.3) is 0 Å². The van der Waals surface area contributed by atoms with Crippen molar-refractivity contribution in [2.24, 2.45) is 0 Å². The van der Waals surface area contributed by atoms with E-state index in [1.165, 1.54) is 0 Å². The van der Waals surface area contributed by atoms with Crippen LogP contribution in [0, 0.1) is 0 Å². The first-order valence-corrected chi connectivity index (χ1v) is 9.72. The van der Waals surface area contributed by atoms with Gasteiger partial charge < -0.3 is 4.74 Å². The molecule has 28 heavy (non-hydrogen) atoms. The SMILES string of the molecule is CC(C)Oc1ccc(-c2ccc3ncc(-c4ccc(C(C)C)nc4)n3c2)cc1. The largest absolute Gasteiger partial charge is 0.491 e. The molecule has 0 atom stereocenters. The summed E-state index contributed by atoms with van der Waals surface area (Å²) in [5.74, 6) is 1.31. The van der Waals surface area contributed by atoms with Crippen LogP contribution in [0.4, 0.5) is 0 Å². The Kier molecular flexibility index (Phi) is 4.86. The van der Waals surface area contributed by atoms with Crippen molar-refractivity contribution in [3.8, 4) is 28.1 Å². The van der Waals surface area contributed by atoms with E-state index in [1.807, 2.05) is 44.4 Å². The van der Waals surface area contributed by atoms with Crippen LogP contribution in [0.15, 0.2) is 67.1 Å². The Bertz CT molecular complexity index is 1080. The molecule has 0 aliphatic heterocycles. The number of hydrogen-bond donors (Lipinski definition) is 0. The van der Waals surface area contributed by atoms with Crippen LogP contribution in [-0.4, -0.2) is 20.5 Å². The van der Waals surface area contributed by atoms with E-state index in [4.69, 9.17) is 4.74 Å². The molecule has 1 aromatic carbocycles. The molecule has 0 saturated heterocycles. The zero-order valence-corrected chi connectivity index (χ0v) is 16.8. The van der Waals surface area contributed by atoms with Crippen molar-refractivity contribution < 1.29 is 4.74 Å². The maximum Gasteiger partial charge on any atom is 0.137 e. The molecule has 142 valence electrons. The van der Waals surface area contributed by atoms with E-state index in [1.54, 1.807) is 0 Å². The van der Waals surface area contributed by atoms with E-state index in [9.17, 15) is 0 Å². The lowest BCUT2D eigenvalue weighted by atomic mass is 10.1. The minimum absolute atomic E-state index is 0.173. The third kappa shape index (κ3) is 3.63. The maximum absolute atomic E-state index is 5.74. The summed E-state index contributed by atoms with van der Waals surface area (Å²) < 4.78 is 7.87. The number of fused-ring (bicyclic) bond motifs is 1. The van der Waals surface area contributed by atoms with Gasteiger partial charge in [0.05, 0.1) is 18.0 Å². The van der Waals surface area contributed by atoms with Gasteiger partial charge in [0, 0.05) is 23.7 Å². The molecule has 0 aliphatic carbocycles. The smallest absolute Gasteiger partial charge is 0.137 e. The average Bonchev–Trinajstić information content (AvgIpc) is 3.11. The minimum atomic E-state index is 0.173. The minimum Gasteiger partial charge on any atom is -0.491 e. The highest BCUT2D eigenvalue weighted by molar-refractivity contribution is 5.69. The van der Waals surface area contributed by atoms with Crippen molar-refractivity contribution >= 4 is 5.65 Å². The number of ether oxygens (including phenoxy) is 1. The first-order valence-electron chi connectivity index (χ1n) is 9.72. The van der Waals surface area contributed by atoms with Crippen LogP contribution in [-0.2, 0) is 0 Å². The molecule has 0 saturated carbocycles. The Morgan fingerprint density at radius 1 is 0.750 bits per heavy atom. The Balaban J connectivity index is 1.70. The first-order chi connectivity index (χ1) is 13.5. The number of hydrogen-bond acceptors (Lipinski definition) is 3. The summed E-state index contributed by atoms with van der Waals surface area (Å²) in [4.78, 5) is 9.15. The molecule has 4 aromatic rings. The Morgan fingerprint density at radius 3 is 2.11 bits per heavy atom. The summed E-state index contributed by atoms with van der Waals surface area (Å²) in [5, 5.41) is 0. The number of benzene rings is 1. The van der Waals surface area contributed by atoms with Gasteiger partial charge in [-0.2, -0.15) is 0 Å². The van der Waals surface area contributed by atoms with Gasteiger partial charge in [0.15, 0.2) is 0 Å². The topological polar surface area (TPSA) is 39.4 Å². The van der Waals surface area contributed by atoms with Crippen molar-refractivity contribution in [3.63, 3.8) is 0 Å². The molecule has 3 heterocycles. The van der Waals surface area contributed by atoms with Gasteiger partial charge in [0.1, 0.15) is 11.4 Å². The van der Waals surface area contributed by atoms with Gasteiger partial charge in [0.2, 0.25) is 0 Å². The molecule has 4 nitrogen and oxygen atoms in total. The second-order valence-corrected chi connectivity index (χ2v) is 7.61. The standard InChI is InChI=1S/C24H25N3O/c1-16(2)22-11-7-19(13-25-22)23-14-26-24-12-8-20(15-27(23)24)18-5-9-21(10-6-18)28-17(3)4/h5-17H,1-4H3. The Labute approximate surface area is 165 Å². The van der Waals surface area contributed by atoms with E-state index >= 15 is 0 Å². The molecule has 4 heteroatoms. The van der Waals surface area contributed by atoms with Crippen molar-refractivity contribution in [1.29, 1.82) is 0 Å². The Morgan fingerprint density at radius 2 is 1.46 bits per heavy atom. The summed E-state index contributed by atoms with van der Waals surface area (Å²) >= 11 is 0. The molecular weight excluding hydrogens is 346 g/mol. The molecule has 0 spiro atoms. The molecule has 0 amide bonds. The van der Waals surface area contributed by atoms with Crippen LogP contribution < -0.4 is 4.74 Å². The number of rotatable bonds is 5. The lowest BCUT2D eigenvalue weighted by Gasteiger charge is -2.11. The quantitative estimate of drug-likeness (QED) is 0.433. The fourth-order valence-electron chi connectivity index (χ4n) is 3.26. The van der Waals surface area contributed by atoms with Gasteiger partial charge >= 0.3 is 0 Å². The van der Waals surface area contributed by atoms with Gasteiger partial charge in [-0.1, -0.05) is 26.0 Å². The van der Waals surface area contributed by atoms with Crippen molar-refractivity contribution in [2.75, 3.05) is 0 Å². The van der Waals surface area contributed by atoms with E-state index in [2.05, 4.69) is 64.7 Å². The van der Waals surface area contributed by atoms with Gasteiger partial charge in [-0.25, -0.2) is 4.98 Å². The second-order valence-electron chi connectivity index (χ2n) is 7.61. The molecule has 0 unspecified atom stereocenters. The predicted molar refractivity (Wildman–Crippen MR) is 114 cm³/mol. The van der Waals surface area contributed by atoms with Crippen LogP contribution in [0.3, 0.4) is 0 Å². The van der Waals surface area contributed by atoms with Gasteiger partial charge in [-0.05, 0) is 67.3 Å². The Hall–Kier alpha value is -3.14. The number of pyridine rings is 2. The molecule has 0 fully saturated rings. The molecule has 0 bridgehead atoms. The summed E-state index contributed by atoms with van der Waals surface area (Å²) in [6.45, 7) is 8.37. The zero-order valence-electron chi connectivity index (χ0n) is 16.8. The third-order valence-corrected chi connectivity index (χ3v) is 4.74. The first kappa shape index (κ1) is 18.2. The number of aromatic nitrogens is 3. The van der Waals surface area contributed by atoms with E-state index in [-0.39, 0.29) is 6.10 Å². The summed E-state index contributed by atoms with van der Waals surface area (Å²) in [7, 11) is 0. The van der Waals surface area contributed by atoms with Crippen LogP contribution in [0.25, 0.3) is 28.0 Å². The molecule has 3 aromatic heterocycles. The lowest BCUT2D eigenvalue weighted by Crippen LogP contribution is -2.05. The highest BCUT2D eigenvalue weighted by Gasteiger charge is 2.09. The number of imidazole rings is 1. The van der Waals surface area contributed by atoms with Gasteiger partial charge in [-0.3, -0.25) is 9.38 Å². The van der Waals surface area contributed by atoms with E-state index in [0.717, 1.165) is 39.5 Å². The molecule has 4 rings (SSSR count). The van der Waals surface area contributed by atoms with Gasteiger partial charge in [-0.15, -0.1) is 0 Å². The van der Waals surface area contributed by atoms with Crippen LogP contribution >= 0.6 is 0 Å². The van der Waals surface area contributed by atoms with Crippen LogP contribution in [0.5, 0.6) is 5.75 Å². The summed E-state index contributed by atoms with van der Waals surface area (Å²) in [6, 6.07) is 16.6. The van der Waals surface area contributed by atoms with Crippen molar-refractivity contribution in [2.45, 2.75) is 39.7 Å². The predicted octanol–water partition coefficient (Wildman–Crippen LogP) is 5.97. The third-order valence-electron chi connectivity index (χ3n) is 4.74. The summed E-state index contributed by atoms with van der Waals surface area (Å²) in [5.41, 5.74) is 6.41. The fourth-order valence-corrected chi connectivity index (χ4v) is 3.26. The van der Waals surface area contributed by atoms with E-state index in [0.29, 0.717) is 5.92 Å². The zero-order chi connectivity index (χ0) is 19.7. The second kappa shape index (κ2) is 7.47. The van der Waals surface area contributed by atoms with Crippen LogP contribution in [0.2, 0.25) is 0 Å². The summed E-state index contributed by atoms with van der Waals surface area (Å²) in [6.07, 6.45) is 6.15. The monoisotopic (exact) mass is 371 g/mol. The highest BCUT2D eigenvalue weighted by atomic mass is 16.5. The average molecular weight is 371 g/mol. The van der Waals surface area contributed by atoms with Crippen molar-refractivity contribution in [1.82, 2.24) is 14.4 Å². The number of nitrogens with zero attached hydrogens (tertiary/aromatic N) is 3. The molecular formula is C24H25N3O. The van der Waals surface area contributed by atoms with Crippen molar-refractivity contribution in [3.05, 3.63) is 72.8 Å². The lowest BCUT2D eigenvalue weighted by molar-refractivity contribution is 0.242. The highest BCUT2D eigenvalue weighted by Crippen LogP contribution is 2.27. The fraction of sp³-hybridized carbons (Fsp3) is 0.250. The normalized spacial score (nSPS) is 11.5. The maximum atomic E-state index is 5.74. The van der Waals surface area contributed by atoms with E-state index < -0.39 is 0 Å². The molecule has 0 N–H and O–H groups in total.